The summed E-state index contributed by atoms with van der Waals surface area (Å²) in [5, 5.41) is 5.05. The molecule has 4 heterocycles. The van der Waals surface area contributed by atoms with Crippen molar-refractivity contribution in [2.75, 3.05) is 131 Å². The summed E-state index contributed by atoms with van der Waals surface area (Å²) in [6, 6.07) is 0. The molecule has 0 radical (unpaired) electrons. The van der Waals surface area contributed by atoms with Crippen LogP contribution in [0.5, 0.6) is 0 Å². The van der Waals surface area contributed by atoms with Crippen LogP contribution in [0.2, 0.25) is 0 Å². The van der Waals surface area contributed by atoms with Gasteiger partial charge in [-0.2, -0.15) is 0 Å². The molecule has 0 bridgehead atoms. The summed E-state index contributed by atoms with van der Waals surface area (Å²) in [6.45, 7) is 9.65. The van der Waals surface area contributed by atoms with E-state index in [9.17, 15) is 0 Å². The van der Waals surface area contributed by atoms with Crippen molar-refractivity contribution in [1.29, 1.82) is 0 Å². The minimum absolute atomic E-state index is 1.16. The van der Waals surface area contributed by atoms with E-state index < -0.39 is 0 Å². The van der Waals surface area contributed by atoms with E-state index in [0.717, 1.165) is 11.8 Å². The van der Waals surface area contributed by atoms with Crippen LogP contribution < -0.4 is 0 Å². The first-order valence-electron chi connectivity index (χ1n) is 12.9. The van der Waals surface area contributed by atoms with Crippen molar-refractivity contribution in [1.82, 2.24) is 29.4 Å². The Hall–Kier alpha value is 2.91. The second kappa shape index (κ2) is 20.8. The summed E-state index contributed by atoms with van der Waals surface area (Å²) in [4.78, 5) is 16.0. The van der Waals surface area contributed by atoms with Crippen LogP contribution in [0, 0.1) is 0 Å². The molecule has 15 heteroatoms. The highest BCUT2D eigenvalue weighted by Gasteiger charge is 2.18. The molecule has 0 atom stereocenters. The fourth-order valence-corrected chi connectivity index (χ4v) is 13.8. The third kappa shape index (κ3) is 14.3. The first-order valence-corrected chi connectivity index (χ1v) is 23.3. The Balaban J connectivity index is 1.22. The van der Waals surface area contributed by atoms with Gasteiger partial charge in [-0.1, -0.05) is 0 Å². The summed E-state index contributed by atoms with van der Waals surface area (Å²) in [7, 11) is 0. The molecule has 4 aliphatic heterocycles. The molecule has 4 saturated heterocycles. The fourth-order valence-electron chi connectivity index (χ4n) is 4.14. The third-order valence-electron chi connectivity index (χ3n) is 6.34. The van der Waals surface area contributed by atoms with Gasteiger partial charge in [-0.3, -0.25) is 29.4 Å². The lowest BCUT2D eigenvalue weighted by Gasteiger charge is -2.33. The average Bonchev–Trinajstić information content (AvgIpc) is 2.97. The maximum atomic E-state index is 2.74. The molecule has 0 aromatic heterocycles. The maximum Gasteiger partial charge on any atom is 0.0461 e. The van der Waals surface area contributed by atoms with Gasteiger partial charge in [-0.15, -0.1) is 106 Å². The maximum absolute atomic E-state index is 2.74. The van der Waals surface area contributed by atoms with Crippen LogP contribution >= 0.6 is 106 Å². The van der Waals surface area contributed by atoms with Gasteiger partial charge in [-0.25, -0.2) is 0 Å². The van der Waals surface area contributed by atoms with Crippen molar-refractivity contribution in [3.8, 4) is 0 Å². The van der Waals surface area contributed by atoms with Crippen molar-refractivity contribution in [3.63, 3.8) is 0 Å². The summed E-state index contributed by atoms with van der Waals surface area (Å²) in [6.07, 6.45) is 0. The normalized spacial score (nSPS) is 23.8. The standard InChI is InChI=1S/C22H44N6S9/c1(5-25-11-30-19-31-12-25)23(2-6-26-13-32-20-33-14-26)9-29-10-24(3-7-27-15-34-21-35-16-27)4-8-28-17-36-22-37-18-28/h1-22H2. The number of nitrogens with zero attached hydrogens (tertiary/aromatic N) is 6. The van der Waals surface area contributed by atoms with Crippen LogP contribution in [-0.4, -0.2) is 161 Å². The molecular formula is C22H44N6S9. The Labute approximate surface area is 264 Å². The SMILES string of the molecule is C1SCN(CCN(CCN2CSCSC2)CSCN(CCN2CSCSC2)CCN2CSCSC2)CS1. The first kappa shape index (κ1) is 32.8. The van der Waals surface area contributed by atoms with Crippen molar-refractivity contribution >= 4 is 106 Å². The smallest absolute Gasteiger partial charge is 0.0461 e. The summed E-state index contributed by atoms with van der Waals surface area (Å²) in [5.74, 6) is 12.0. The van der Waals surface area contributed by atoms with Gasteiger partial charge in [0.05, 0.1) is 0 Å². The number of hydrogen-bond donors (Lipinski definition) is 0. The largest absolute Gasteiger partial charge is 0.292 e. The van der Waals surface area contributed by atoms with Gasteiger partial charge >= 0.3 is 0 Å². The zero-order valence-electron chi connectivity index (χ0n) is 21.9. The predicted octanol–water partition coefficient (Wildman–Crippen LogP) is 4.86. The lowest BCUT2D eigenvalue weighted by atomic mass is 10.4. The molecule has 4 fully saturated rings. The molecule has 0 amide bonds. The lowest BCUT2D eigenvalue weighted by Crippen LogP contribution is -2.42. The van der Waals surface area contributed by atoms with Crippen molar-refractivity contribution in [2.24, 2.45) is 0 Å². The van der Waals surface area contributed by atoms with Crippen LogP contribution in [0.25, 0.3) is 0 Å². The number of thioether (sulfide) groups is 9. The van der Waals surface area contributed by atoms with Gasteiger partial charge in [0.2, 0.25) is 0 Å². The summed E-state index contributed by atoms with van der Waals surface area (Å²) < 4.78 is 0. The van der Waals surface area contributed by atoms with E-state index >= 15 is 0 Å². The van der Waals surface area contributed by atoms with Crippen LogP contribution in [0.4, 0.5) is 0 Å². The monoisotopic (exact) mass is 680 g/mol. The van der Waals surface area contributed by atoms with Gasteiger partial charge < -0.3 is 0 Å². The van der Waals surface area contributed by atoms with Crippen molar-refractivity contribution < 1.29 is 0 Å². The summed E-state index contributed by atoms with van der Waals surface area (Å²) in [5.41, 5.74) is 0. The molecule has 4 aliphatic rings. The molecule has 0 unspecified atom stereocenters. The third-order valence-corrected chi connectivity index (χ3v) is 17.1. The number of rotatable bonds is 16. The average molecular weight is 681 g/mol. The highest BCUT2D eigenvalue weighted by atomic mass is 32.2. The predicted molar refractivity (Wildman–Crippen MR) is 186 cm³/mol. The molecule has 0 saturated carbocycles. The molecule has 6 nitrogen and oxygen atoms in total. The van der Waals surface area contributed by atoms with E-state index in [0.29, 0.717) is 0 Å². The van der Waals surface area contributed by atoms with E-state index in [2.05, 4.69) is 135 Å². The molecule has 0 aromatic rings. The van der Waals surface area contributed by atoms with E-state index in [1.54, 1.807) is 0 Å². The second-order valence-electron chi connectivity index (χ2n) is 9.41. The quantitative estimate of drug-likeness (QED) is 0.207. The van der Waals surface area contributed by atoms with Crippen LogP contribution in [0.15, 0.2) is 0 Å². The molecular weight excluding hydrogens is 637 g/mol. The molecule has 0 N–H and O–H groups in total. The highest BCUT2D eigenvalue weighted by molar-refractivity contribution is 8.17. The molecule has 216 valence electrons. The minimum Gasteiger partial charge on any atom is -0.292 e. The second-order valence-corrected chi connectivity index (χ2v) is 19.4. The molecule has 4 rings (SSSR count). The Kier molecular flexibility index (Phi) is 18.4. The Bertz CT molecular complexity index is 485. The lowest BCUT2D eigenvalue weighted by molar-refractivity contribution is 0.228. The Morgan fingerprint density at radius 3 is 0.892 bits per heavy atom. The fraction of sp³-hybridized carbons (Fsp3) is 1.00. The zero-order valence-corrected chi connectivity index (χ0v) is 29.3. The molecule has 0 aromatic carbocycles. The van der Waals surface area contributed by atoms with E-state index in [-0.39, 0.29) is 0 Å². The first-order chi connectivity index (χ1) is 18.3. The van der Waals surface area contributed by atoms with E-state index in [1.807, 2.05) is 0 Å². The van der Waals surface area contributed by atoms with Gasteiger partial charge in [0.1, 0.15) is 0 Å². The van der Waals surface area contributed by atoms with E-state index in [1.165, 1.54) is 120 Å². The zero-order chi connectivity index (χ0) is 25.4. The van der Waals surface area contributed by atoms with Gasteiger partial charge in [0.15, 0.2) is 0 Å². The highest BCUT2D eigenvalue weighted by Crippen LogP contribution is 2.24. The Morgan fingerprint density at radius 1 is 0.405 bits per heavy atom. The van der Waals surface area contributed by atoms with Gasteiger partial charge in [-0.05, 0) is 0 Å². The van der Waals surface area contributed by atoms with E-state index in [4.69, 9.17) is 0 Å². The number of hydrogen-bond acceptors (Lipinski definition) is 15. The molecule has 0 aliphatic carbocycles. The van der Waals surface area contributed by atoms with Crippen molar-refractivity contribution in [3.05, 3.63) is 0 Å². The van der Waals surface area contributed by atoms with Crippen LogP contribution in [-0.2, 0) is 0 Å². The molecule has 0 spiro atoms. The summed E-state index contributed by atoms with van der Waals surface area (Å²) >= 11 is 18.8. The van der Waals surface area contributed by atoms with Gasteiger partial charge in [0.25, 0.3) is 0 Å². The van der Waals surface area contributed by atoms with Crippen molar-refractivity contribution in [2.45, 2.75) is 0 Å². The minimum atomic E-state index is 1.16. The topological polar surface area (TPSA) is 19.4 Å². The van der Waals surface area contributed by atoms with Crippen LogP contribution in [0.1, 0.15) is 0 Å². The van der Waals surface area contributed by atoms with Gasteiger partial charge in [0, 0.05) is 131 Å². The molecule has 37 heavy (non-hydrogen) atoms. The van der Waals surface area contributed by atoms with Crippen LogP contribution in [0.3, 0.4) is 0 Å². The Morgan fingerprint density at radius 2 is 0.649 bits per heavy atom.